The van der Waals surface area contributed by atoms with Crippen LogP contribution < -0.4 is 10.6 Å². The molecule has 3 N–H and O–H groups in total. The lowest BCUT2D eigenvalue weighted by Gasteiger charge is -2.39. The molecule has 1 fully saturated rings. The van der Waals surface area contributed by atoms with Crippen molar-refractivity contribution >= 4 is 39.3 Å². The molecule has 1 aliphatic rings. The van der Waals surface area contributed by atoms with Gasteiger partial charge in [-0.15, -0.1) is 11.3 Å². The van der Waals surface area contributed by atoms with Crippen molar-refractivity contribution < 1.29 is 14.7 Å². The lowest BCUT2D eigenvalue weighted by Crippen LogP contribution is -2.61. The average Bonchev–Trinajstić information content (AvgIpc) is 2.85. The van der Waals surface area contributed by atoms with E-state index in [9.17, 15) is 14.7 Å². The molecule has 0 spiro atoms. The highest BCUT2D eigenvalue weighted by molar-refractivity contribution is 9.11. The summed E-state index contributed by atoms with van der Waals surface area (Å²) in [5.41, 5.74) is -1.14. The molecule has 1 aromatic rings. The number of hydrogen-bond acceptors (Lipinski definition) is 3. The first-order valence-corrected chi connectivity index (χ1v) is 8.58. The number of thiophene rings is 1. The third-order valence-corrected chi connectivity index (χ3v) is 5.69. The molecule has 7 heteroatoms. The minimum absolute atomic E-state index is 0.0645. The molecule has 1 saturated carbocycles. The summed E-state index contributed by atoms with van der Waals surface area (Å²) in [5, 5.41) is 15.0. The smallest absolute Gasteiger partial charge is 0.329 e. The molecule has 2 atom stereocenters. The summed E-state index contributed by atoms with van der Waals surface area (Å²) in [5.74, 6) is -1.01. The van der Waals surface area contributed by atoms with Crippen LogP contribution in [0.2, 0.25) is 0 Å². The fourth-order valence-electron chi connectivity index (χ4n) is 2.76. The normalized spacial score (nSPS) is 25.3. The van der Waals surface area contributed by atoms with Gasteiger partial charge in [-0.2, -0.15) is 0 Å². The van der Waals surface area contributed by atoms with Crippen LogP contribution in [0.3, 0.4) is 0 Å². The number of carbonyl (C=O) groups excluding carboxylic acids is 1. The van der Waals surface area contributed by atoms with E-state index in [-0.39, 0.29) is 5.92 Å². The van der Waals surface area contributed by atoms with Gasteiger partial charge in [0.1, 0.15) is 5.54 Å². The summed E-state index contributed by atoms with van der Waals surface area (Å²) >= 11 is 4.91. The van der Waals surface area contributed by atoms with Crippen LogP contribution in [0.15, 0.2) is 15.9 Å². The number of aliphatic carboxylic acids is 1. The number of carbonyl (C=O) groups is 2. The lowest BCUT2D eigenvalue weighted by molar-refractivity contribution is -0.148. The molecular weight excluding hydrogens is 356 g/mol. The van der Waals surface area contributed by atoms with Gasteiger partial charge in [0, 0.05) is 4.88 Å². The summed E-state index contributed by atoms with van der Waals surface area (Å²) in [6.45, 7) is 2.29. The van der Waals surface area contributed by atoms with E-state index in [1.54, 1.807) is 0 Å². The molecule has 0 bridgehead atoms. The number of nitrogens with one attached hydrogen (secondary N) is 2. The third-order valence-electron chi connectivity index (χ3n) is 4.07. The van der Waals surface area contributed by atoms with Crippen LogP contribution in [0.25, 0.3) is 0 Å². The topological polar surface area (TPSA) is 78.4 Å². The summed E-state index contributed by atoms with van der Waals surface area (Å²) < 4.78 is 1.00. The van der Waals surface area contributed by atoms with E-state index in [0.29, 0.717) is 13.0 Å². The van der Waals surface area contributed by atoms with Crippen LogP contribution in [-0.2, 0) is 11.3 Å². The molecule has 1 aliphatic carbocycles. The van der Waals surface area contributed by atoms with Crippen LogP contribution in [0.4, 0.5) is 4.79 Å². The van der Waals surface area contributed by atoms with Gasteiger partial charge in [0.2, 0.25) is 0 Å². The summed E-state index contributed by atoms with van der Waals surface area (Å²) in [6.07, 6.45) is 3.16. The van der Waals surface area contributed by atoms with E-state index in [1.807, 2.05) is 19.1 Å². The molecule has 2 unspecified atom stereocenters. The van der Waals surface area contributed by atoms with Gasteiger partial charge in [-0.25, -0.2) is 9.59 Å². The van der Waals surface area contributed by atoms with Gasteiger partial charge < -0.3 is 15.7 Å². The second-order valence-electron chi connectivity index (χ2n) is 5.44. The van der Waals surface area contributed by atoms with Gasteiger partial charge in [-0.05, 0) is 46.8 Å². The zero-order chi connectivity index (χ0) is 15.5. The Balaban J connectivity index is 1.97. The van der Waals surface area contributed by atoms with Crippen molar-refractivity contribution in [2.24, 2.45) is 5.92 Å². The fraction of sp³-hybridized carbons (Fsp3) is 0.571. The minimum Gasteiger partial charge on any atom is -0.479 e. The number of urea groups is 1. The van der Waals surface area contributed by atoms with Crippen molar-refractivity contribution in [3.8, 4) is 0 Å². The van der Waals surface area contributed by atoms with E-state index in [4.69, 9.17) is 0 Å². The maximum atomic E-state index is 12.1. The molecule has 2 rings (SSSR count). The highest BCUT2D eigenvalue weighted by Crippen LogP contribution is 2.34. The Morgan fingerprint density at radius 1 is 1.48 bits per heavy atom. The molecule has 1 aromatic heterocycles. The van der Waals surface area contributed by atoms with E-state index in [2.05, 4.69) is 26.6 Å². The van der Waals surface area contributed by atoms with Gasteiger partial charge in [0.25, 0.3) is 0 Å². The number of hydrogen-bond donors (Lipinski definition) is 3. The largest absolute Gasteiger partial charge is 0.479 e. The van der Waals surface area contributed by atoms with Crippen LogP contribution in [-0.4, -0.2) is 22.6 Å². The highest BCUT2D eigenvalue weighted by Gasteiger charge is 2.46. The molecule has 116 valence electrons. The van der Waals surface area contributed by atoms with E-state index in [1.165, 1.54) is 11.3 Å². The van der Waals surface area contributed by atoms with Gasteiger partial charge in [0.05, 0.1) is 10.3 Å². The Bertz CT molecular complexity index is 534. The van der Waals surface area contributed by atoms with Crippen LogP contribution in [0.5, 0.6) is 0 Å². The summed E-state index contributed by atoms with van der Waals surface area (Å²) in [7, 11) is 0. The monoisotopic (exact) mass is 374 g/mol. The number of halogens is 1. The quantitative estimate of drug-likeness (QED) is 0.755. The average molecular weight is 375 g/mol. The van der Waals surface area contributed by atoms with Crippen molar-refractivity contribution in [3.63, 3.8) is 0 Å². The van der Waals surface area contributed by atoms with Crippen molar-refractivity contribution in [3.05, 3.63) is 20.8 Å². The Morgan fingerprint density at radius 2 is 2.24 bits per heavy atom. The maximum Gasteiger partial charge on any atom is 0.329 e. The van der Waals surface area contributed by atoms with Gasteiger partial charge in [-0.3, -0.25) is 0 Å². The molecule has 0 aliphatic heterocycles. The van der Waals surface area contributed by atoms with E-state index < -0.39 is 17.5 Å². The maximum absolute atomic E-state index is 12.1. The van der Waals surface area contributed by atoms with Crippen molar-refractivity contribution in [1.29, 1.82) is 0 Å². The first kappa shape index (κ1) is 16.3. The van der Waals surface area contributed by atoms with Gasteiger partial charge in [0.15, 0.2) is 0 Å². The zero-order valence-electron chi connectivity index (χ0n) is 11.8. The van der Waals surface area contributed by atoms with Crippen molar-refractivity contribution in [1.82, 2.24) is 10.6 Å². The molecule has 0 radical (unpaired) electrons. The molecule has 21 heavy (non-hydrogen) atoms. The Hall–Kier alpha value is -1.08. The molecule has 1 heterocycles. The van der Waals surface area contributed by atoms with Gasteiger partial charge >= 0.3 is 12.0 Å². The third kappa shape index (κ3) is 3.77. The fourth-order valence-corrected chi connectivity index (χ4v) is 4.19. The SMILES string of the molecule is CC1CCCCC1(NC(=O)NCc1ccc(Br)s1)C(=O)O. The first-order chi connectivity index (χ1) is 9.94. The Kier molecular flexibility index (Phi) is 5.27. The van der Waals surface area contributed by atoms with Crippen LogP contribution >= 0.6 is 27.3 Å². The van der Waals surface area contributed by atoms with E-state index >= 15 is 0 Å². The zero-order valence-corrected chi connectivity index (χ0v) is 14.2. The molecule has 0 saturated heterocycles. The first-order valence-electron chi connectivity index (χ1n) is 6.97. The van der Waals surface area contributed by atoms with Crippen molar-refractivity contribution in [2.75, 3.05) is 0 Å². The van der Waals surface area contributed by atoms with Crippen molar-refractivity contribution in [2.45, 2.75) is 44.7 Å². The molecular formula is C14H19BrN2O3S. The standard InChI is InChI=1S/C14H19BrN2O3S/c1-9-4-2-3-7-14(9,12(18)19)17-13(20)16-8-10-5-6-11(15)21-10/h5-6,9H,2-4,7-8H2,1H3,(H,18,19)(H2,16,17,20). The number of carboxylic acids is 1. The Morgan fingerprint density at radius 3 is 2.81 bits per heavy atom. The molecule has 2 amide bonds. The number of amides is 2. The second kappa shape index (κ2) is 6.79. The van der Waals surface area contributed by atoms with Crippen LogP contribution in [0, 0.1) is 5.92 Å². The minimum atomic E-state index is -1.14. The predicted octanol–water partition coefficient (Wildman–Crippen LogP) is 3.34. The highest BCUT2D eigenvalue weighted by atomic mass is 79.9. The predicted molar refractivity (Wildman–Crippen MR) is 85.4 cm³/mol. The summed E-state index contributed by atoms with van der Waals surface area (Å²) in [6, 6.07) is 3.42. The van der Waals surface area contributed by atoms with E-state index in [0.717, 1.165) is 27.9 Å². The number of rotatable bonds is 4. The Labute approximate surface area is 136 Å². The summed E-state index contributed by atoms with van der Waals surface area (Å²) in [4.78, 5) is 24.7. The lowest BCUT2D eigenvalue weighted by atomic mass is 9.73. The molecule has 5 nitrogen and oxygen atoms in total. The second-order valence-corrected chi connectivity index (χ2v) is 7.98. The number of carboxylic acid groups (broad SMARTS) is 1. The molecule has 0 aromatic carbocycles. The van der Waals surface area contributed by atoms with Gasteiger partial charge in [-0.1, -0.05) is 19.8 Å². The van der Waals surface area contributed by atoms with Crippen LogP contribution in [0.1, 0.15) is 37.5 Å².